The summed E-state index contributed by atoms with van der Waals surface area (Å²) in [6, 6.07) is 0. The van der Waals surface area contributed by atoms with Crippen LogP contribution < -0.4 is 5.11 Å². The number of hydrogen-bond donors (Lipinski definition) is 1. The Kier molecular flexibility index (Phi) is 21.0. The lowest BCUT2D eigenvalue weighted by Crippen LogP contribution is -2.42. The number of unbranched alkanes of at least 4 members (excludes halogenated alkanes) is 11. The van der Waals surface area contributed by atoms with E-state index in [2.05, 4.69) is 21.0 Å². The predicted molar refractivity (Wildman–Crippen MR) is 105 cm³/mol. The first kappa shape index (κ1) is 26.6. The lowest BCUT2D eigenvalue weighted by atomic mass is 10.1. The molecule has 1 N–H and O–H groups in total. The fourth-order valence-electron chi connectivity index (χ4n) is 2.76. The maximum absolute atomic E-state index is 9.26. The summed E-state index contributed by atoms with van der Waals surface area (Å²) in [5.74, 6) is -0.995. The summed E-state index contributed by atoms with van der Waals surface area (Å²) in [6.45, 7) is 6.22. The molecule has 4 heteroatoms. The topological polar surface area (TPSA) is 60.4 Å². The van der Waals surface area contributed by atoms with E-state index < -0.39 is 5.97 Å². The highest BCUT2D eigenvalue weighted by Crippen LogP contribution is 2.12. The summed E-state index contributed by atoms with van der Waals surface area (Å²) < 4.78 is 0.967. The quantitative estimate of drug-likeness (QED) is 0.336. The third kappa shape index (κ3) is 25.7. The van der Waals surface area contributed by atoms with Crippen LogP contribution in [0, 0.1) is 0 Å². The summed E-state index contributed by atoms with van der Waals surface area (Å²) in [4.78, 5) is 9.26. The Labute approximate surface area is 157 Å². The Hall–Kier alpha value is -0.610. The van der Waals surface area contributed by atoms with Crippen LogP contribution in [0.15, 0.2) is 0 Å². The third-order valence-corrected chi connectivity index (χ3v) is 4.61. The van der Waals surface area contributed by atoms with Crippen molar-refractivity contribution in [2.24, 2.45) is 0 Å². The largest absolute Gasteiger partial charge is 0.550 e. The Morgan fingerprint density at radius 1 is 0.760 bits per heavy atom. The van der Waals surface area contributed by atoms with Crippen LogP contribution in [0.25, 0.3) is 0 Å². The molecule has 152 valence electrons. The van der Waals surface area contributed by atoms with Gasteiger partial charge in [0, 0.05) is 5.97 Å². The number of aliphatic carboxylic acids is 1. The Morgan fingerprint density at radius 3 is 1.44 bits per heavy atom. The number of hydrogen-bond acceptors (Lipinski definition) is 3. The van der Waals surface area contributed by atoms with Gasteiger partial charge in [-0.2, -0.15) is 0 Å². The molecule has 0 radical (unpaired) electrons. The molecule has 0 aromatic carbocycles. The van der Waals surface area contributed by atoms with E-state index in [1.165, 1.54) is 90.5 Å². The van der Waals surface area contributed by atoms with Crippen LogP contribution in [0.4, 0.5) is 0 Å². The van der Waals surface area contributed by atoms with Gasteiger partial charge in [0.25, 0.3) is 0 Å². The zero-order valence-electron chi connectivity index (χ0n) is 17.5. The molecule has 0 aromatic heterocycles. The highest BCUT2D eigenvalue weighted by Gasteiger charge is 2.12. The van der Waals surface area contributed by atoms with Crippen molar-refractivity contribution in [1.82, 2.24) is 0 Å². The van der Waals surface area contributed by atoms with Crippen LogP contribution in [0.2, 0.25) is 0 Å². The van der Waals surface area contributed by atoms with Crippen molar-refractivity contribution in [3.05, 3.63) is 0 Å². The van der Waals surface area contributed by atoms with E-state index >= 15 is 0 Å². The van der Waals surface area contributed by atoms with Crippen LogP contribution in [0.5, 0.6) is 0 Å². The van der Waals surface area contributed by atoms with E-state index in [4.69, 9.17) is 5.11 Å². The first-order valence-electron chi connectivity index (χ1n) is 10.5. The average molecular weight is 360 g/mol. The second-order valence-corrected chi connectivity index (χ2v) is 7.72. The molecule has 0 aliphatic heterocycles. The van der Waals surface area contributed by atoms with Gasteiger partial charge in [0.05, 0.1) is 27.2 Å². The first-order chi connectivity index (χ1) is 11.9. The molecule has 0 heterocycles. The smallest absolute Gasteiger partial charge is 0.102 e. The Balaban J connectivity index is 0. The predicted octanol–water partition coefficient (Wildman–Crippen LogP) is 3.90. The summed E-state index contributed by atoms with van der Waals surface area (Å²) in [6.07, 6.45) is 17.0. The van der Waals surface area contributed by atoms with Gasteiger partial charge in [-0.15, -0.1) is 0 Å². The van der Waals surface area contributed by atoms with Crippen molar-refractivity contribution < 1.29 is 19.5 Å². The number of likely N-dealkylation sites (N-methyl/N-ethyl adjacent to an activating group) is 1. The second kappa shape index (κ2) is 19.7. The van der Waals surface area contributed by atoms with Gasteiger partial charge in [0.1, 0.15) is 6.54 Å². The van der Waals surface area contributed by atoms with E-state index in [9.17, 15) is 9.90 Å². The van der Waals surface area contributed by atoms with Crippen LogP contribution >= 0.6 is 0 Å². The minimum atomic E-state index is -0.995. The SMILES string of the molecule is CCC(=O)[O-].CCCCCCCCCCCCCC[N+](C)(C)CCO. The third-order valence-electron chi connectivity index (χ3n) is 4.61. The molecule has 4 nitrogen and oxygen atoms in total. The normalized spacial score (nSPS) is 11.1. The lowest BCUT2D eigenvalue weighted by Gasteiger charge is -2.28. The van der Waals surface area contributed by atoms with Crippen molar-refractivity contribution >= 4 is 5.97 Å². The van der Waals surface area contributed by atoms with Gasteiger partial charge >= 0.3 is 0 Å². The van der Waals surface area contributed by atoms with Gasteiger partial charge in [0.15, 0.2) is 0 Å². The molecule has 25 heavy (non-hydrogen) atoms. The van der Waals surface area contributed by atoms with Crippen LogP contribution in [0.3, 0.4) is 0 Å². The first-order valence-corrected chi connectivity index (χ1v) is 10.5. The Bertz CT molecular complexity index is 280. The molecule has 0 unspecified atom stereocenters. The highest BCUT2D eigenvalue weighted by molar-refractivity contribution is 5.63. The number of carboxylic acids is 1. The van der Waals surface area contributed by atoms with E-state index in [1.807, 2.05) is 0 Å². The van der Waals surface area contributed by atoms with Crippen LogP contribution in [0.1, 0.15) is 97.3 Å². The molecule has 0 aromatic rings. The number of carboxylic acid groups (broad SMARTS) is 1. The Morgan fingerprint density at radius 2 is 1.12 bits per heavy atom. The zero-order valence-corrected chi connectivity index (χ0v) is 17.5. The maximum Gasteiger partial charge on any atom is 0.102 e. The molecule has 0 bridgehead atoms. The number of nitrogens with zero attached hydrogens (tertiary/aromatic N) is 1. The highest BCUT2D eigenvalue weighted by atomic mass is 16.4. The summed E-state index contributed by atoms with van der Waals surface area (Å²) in [5.41, 5.74) is 0. The van der Waals surface area contributed by atoms with Gasteiger partial charge in [-0.25, -0.2) is 0 Å². The summed E-state index contributed by atoms with van der Waals surface area (Å²) >= 11 is 0. The summed E-state index contributed by atoms with van der Waals surface area (Å²) in [5, 5.41) is 18.2. The molecule has 0 atom stereocenters. The number of carbonyl (C=O) groups excluding carboxylic acids is 1. The summed E-state index contributed by atoms with van der Waals surface area (Å²) in [7, 11) is 4.43. The average Bonchev–Trinajstić information content (AvgIpc) is 2.56. The molecule has 0 rings (SSSR count). The van der Waals surface area contributed by atoms with E-state index in [0.717, 1.165) is 11.0 Å². The van der Waals surface area contributed by atoms with Crippen molar-refractivity contribution in [3.8, 4) is 0 Å². The molecule has 0 amide bonds. The van der Waals surface area contributed by atoms with Gasteiger partial charge in [-0.05, 0) is 19.3 Å². The molecule has 0 saturated carbocycles. The number of quaternary nitrogens is 1. The number of aliphatic hydroxyl groups is 1. The zero-order chi connectivity index (χ0) is 19.4. The van der Waals surface area contributed by atoms with Gasteiger partial charge in [0.2, 0.25) is 0 Å². The van der Waals surface area contributed by atoms with E-state index in [1.54, 1.807) is 0 Å². The monoisotopic (exact) mass is 359 g/mol. The van der Waals surface area contributed by atoms with E-state index in [0.29, 0.717) is 6.61 Å². The lowest BCUT2D eigenvalue weighted by molar-refractivity contribution is -0.890. The molecular formula is C21H45NO3. The minimum absolute atomic E-state index is 0.111. The van der Waals surface area contributed by atoms with Gasteiger partial charge < -0.3 is 19.5 Å². The fraction of sp³-hybridized carbons (Fsp3) is 0.952. The van der Waals surface area contributed by atoms with Crippen molar-refractivity contribution in [1.29, 1.82) is 0 Å². The molecule has 0 aliphatic rings. The van der Waals surface area contributed by atoms with Crippen LogP contribution in [-0.2, 0) is 4.79 Å². The molecular weight excluding hydrogens is 314 g/mol. The fourth-order valence-corrected chi connectivity index (χ4v) is 2.76. The maximum atomic E-state index is 9.26. The number of carbonyl (C=O) groups is 1. The van der Waals surface area contributed by atoms with E-state index in [-0.39, 0.29) is 6.42 Å². The second-order valence-electron chi connectivity index (χ2n) is 7.72. The number of rotatable bonds is 16. The molecule has 0 saturated heterocycles. The van der Waals surface area contributed by atoms with Crippen molar-refractivity contribution in [3.63, 3.8) is 0 Å². The standard InChI is InChI=1S/C18H40NO.C3H6O2/c1-4-5-6-7-8-9-10-11-12-13-14-15-16-19(2,3)17-18-20;1-2-3(4)5/h20H,4-18H2,1-3H3;2H2,1H3,(H,4,5)/q+1;/p-1. The van der Waals surface area contributed by atoms with Gasteiger partial charge in [-0.1, -0.05) is 78.1 Å². The molecule has 0 aliphatic carbocycles. The van der Waals surface area contributed by atoms with Crippen molar-refractivity contribution in [2.45, 2.75) is 97.3 Å². The molecule has 0 spiro atoms. The van der Waals surface area contributed by atoms with Crippen molar-refractivity contribution in [2.75, 3.05) is 33.8 Å². The number of aliphatic hydroxyl groups excluding tert-OH is 1. The van der Waals surface area contributed by atoms with Crippen LogP contribution in [-0.4, -0.2) is 49.4 Å². The molecule has 0 fully saturated rings. The minimum Gasteiger partial charge on any atom is -0.550 e. The van der Waals surface area contributed by atoms with Gasteiger partial charge in [-0.3, -0.25) is 0 Å².